The van der Waals surface area contributed by atoms with Gasteiger partial charge in [-0.3, -0.25) is 14.7 Å². The van der Waals surface area contributed by atoms with Crippen molar-refractivity contribution in [1.29, 1.82) is 0 Å². The lowest BCUT2D eigenvalue weighted by molar-refractivity contribution is -0.128. The van der Waals surface area contributed by atoms with Gasteiger partial charge < -0.3 is 14.4 Å². The molecule has 1 aromatic heterocycles. The van der Waals surface area contributed by atoms with E-state index in [9.17, 15) is 9.59 Å². The van der Waals surface area contributed by atoms with Crippen molar-refractivity contribution in [2.75, 3.05) is 32.9 Å². The first-order valence-electron chi connectivity index (χ1n) is 9.00. The summed E-state index contributed by atoms with van der Waals surface area (Å²) in [5, 5.41) is 6.36. The van der Waals surface area contributed by atoms with Crippen LogP contribution in [-0.4, -0.2) is 70.8 Å². The van der Waals surface area contributed by atoms with E-state index < -0.39 is 5.25 Å². The van der Waals surface area contributed by atoms with Gasteiger partial charge in [0.1, 0.15) is 16.7 Å². The smallest absolute Gasteiger partial charge is 0.273 e. The number of hydrogen-bond donors (Lipinski definition) is 1. The molecule has 8 nitrogen and oxygen atoms in total. The average Bonchev–Trinajstić information content (AvgIpc) is 3.30. The number of nitrogens with one attached hydrogen (secondary N) is 1. The van der Waals surface area contributed by atoms with Crippen molar-refractivity contribution in [3.05, 3.63) is 34.9 Å². The Balaban J connectivity index is 1.60. The number of nitrogens with zero attached hydrogens (tertiary/aromatic N) is 3. The van der Waals surface area contributed by atoms with Crippen molar-refractivity contribution in [2.24, 2.45) is 4.99 Å². The van der Waals surface area contributed by atoms with E-state index in [1.54, 1.807) is 17.3 Å². The minimum Gasteiger partial charge on any atom is -0.492 e. The number of thioether (sulfide) groups is 1. The summed E-state index contributed by atoms with van der Waals surface area (Å²) >= 11 is 1.43. The third-order valence-corrected chi connectivity index (χ3v) is 6.41. The second-order valence-electron chi connectivity index (χ2n) is 6.69. The van der Waals surface area contributed by atoms with Gasteiger partial charge >= 0.3 is 0 Å². The third-order valence-electron chi connectivity index (χ3n) is 5.08. The van der Waals surface area contributed by atoms with E-state index in [4.69, 9.17) is 9.47 Å². The Kier molecular flexibility index (Phi) is 4.13. The van der Waals surface area contributed by atoms with E-state index in [0.717, 1.165) is 28.0 Å². The van der Waals surface area contributed by atoms with Crippen LogP contribution in [0.5, 0.6) is 0 Å². The highest BCUT2D eigenvalue weighted by atomic mass is 32.2. The van der Waals surface area contributed by atoms with Gasteiger partial charge in [0, 0.05) is 30.4 Å². The molecule has 9 heteroatoms. The summed E-state index contributed by atoms with van der Waals surface area (Å²) in [4.78, 5) is 32.7. The minimum absolute atomic E-state index is 0.185. The first-order valence-corrected chi connectivity index (χ1v) is 9.88. The highest BCUT2D eigenvalue weighted by Crippen LogP contribution is 2.51. The summed E-state index contributed by atoms with van der Waals surface area (Å²) in [6, 6.07) is 0. The van der Waals surface area contributed by atoms with Gasteiger partial charge in [0.15, 0.2) is 0 Å². The maximum Gasteiger partial charge on any atom is 0.273 e. The topological polar surface area (TPSA) is 96.9 Å². The lowest BCUT2D eigenvalue weighted by Crippen LogP contribution is -2.46. The molecule has 4 aliphatic heterocycles. The standard InChI is InChI=1S/C18H18N4O4S/c23-17-16-12-11(13(21-17)18(24)22-3-6-25-7-4-22)2-1-5-26-14(12)15(27-16)10-8-19-20-9-10/h8-9,16H,1-7H2,(H,19,20). The lowest BCUT2D eigenvalue weighted by atomic mass is 9.91. The molecule has 0 saturated carbocycles. The fraction of sp³-hybridized carbons (Fsp3) is 0.444. The van der Waals surface area contributed by atoms with Crippen LogP contribution in [0.25, 0.3) is 4.91 Å². The molecule has 0 aliphatic carbocycles. The molecule has 1 unspecified atom stereocenters. The van der Waals surface area contributed by atoms with Gasteiger partial charge in [0.2, 0.25) is 0 Å². The third kappa shape index (κ3) is 2.72. The van der Waals surface area contributed by atoms with Crippen LogP contribution >= 0.6 is 11.8 Å². The number of morpholine rings is 1. The molecule has 27 heavy (non-hydrogen) atoms. The Bertz CT molecular complexity index is 896. The molecule has 0 radical (unpaired) electrons. The van der Waals surface area contributed by atoms with Crippen molar-refractivity contribution in [3.8, 4) is 0 Å². The number of H-pyrrole nitrogens is 1. The van der Waals surface area contributed by atoms with Crippen LogP contribution < -0.4 is 0 Å². The first kappa shape index (κ1) is 16.8. The average molecular weight is 386 g/mol. The molecule has 4 aliphatic rings. The molecular weight excluding hydrogens is 368 g/mol. The van der Waals surface area contributed by atoms with Gasteiger partial charge in [0.25, 0.3) is 11.8 Å². The second kappa shape index (κ2) is 6.65. The normalized spacial score (nSPS) is 25.2. The van der Waals surface area contributed by atoms with Gasteiger partial charge in [-0.05, 0) is 18.4 Å². The van der Waals surface area contributed by atoms with Crippen LogP contribution in [0.2, 0.25) is 0 Å². The molecule has 1 atom stereocenters. The molecule has 5 heterocycles. The predicted molar refractivity (Wildman–Crippen MR) is 98.9 cm³/mol. The molecule has 5 rings (SSSR count). The molecule has 0 aromatic carbocycles. The predicted octanol–water partition coefficient (Wildman–Crippen LogP) is 1.14. The summed E-state index contributed by atoms with van der Waals surface area (Å²) in [6.45, 7) is 2.61. The zero-order valence-electron chi connectivity index (χ0n) is 14.6. The number of amides is 2. The van der Waals surface area contributed by atoms with Gasteiger partial charge in [-0.2, -0.15) is 5.10 Å². The monoisotopic (exact) mass is 386 g/mol. The number of aromatic amines is 1. The van der Waals surface area contributed by atoms with Crippen molar-refractivity contribution in [2.45, 2.75) is 18.1 Å². The molecule has 1 fully saturated rings. The lowest BCUT2D eigenvalue weighted by Gasteiger charge is -2.29. The summed E-state index contributed by atoms with van der Waals surface area (Å²) in [5.74, 6) is 0.224. The fourth-order valence-electron chi connectivity index (χ4n) is 3.79. The first-order chi connectivity index (χ1) is 13.2. The molecule has 0 spiro atoms. The Morgan fingerprint density at radius 2 is 2.15 bits per heavy atom. The van der Waals surface area contributed by atoms with Gasteiger partial charge in [-0.25, -0.2) is 4.99 Å². The van der Waals surface area contributed by atoms with Gasteiger partial charge in [-0.15, -0.1) is 11.8 Å². The molecule has 1 saturated heterocycles. The number of aromatic nitrogens is 2. The Labute approximate surface area is 159 Å². The van der Waals surface area contributed by atoms with Crippen LogP contribution in [-0.2, 0) is 19.1 Å². The van der Waals surface area contributed by atoms with E-state index in [-0.39, 0.29) is 17.5 Å². The van der Waals surface area contributed by atoms with Crippen LogP contribution in [0.15, 0.2) is 34.3 Å². The van der Waals surface area contributed by atoms with Crippen molar-refractivity contribution in [1.82, 2.24) is 15.1 Å². The summed E-state index contributed by atoms with van der Waals surface area (Å²) in [6.07, 6.45) is 4.96. The molecule has 140 valence electrons. The molecule has 1 N–H and O–H groups in total. The summed E-state index contributed by atoms with van der Waals surface area (Å²) < 4.78 is 11.4. The molecular formula is C18H18N4O4S. The number of aliphatic imine (C=N–C) groups is 1. The van der Waals surface area contributed by atoms with Gasteiger partial charge in [0.05, 0.1) is 30.9 Å². The van der Waals surface area contributed by atoms with E-state index >= 15 is 0 Å². The van der Waals surface area contributed by atoms with E-state index in [1.165, 1.54) is 11.8 Å². The largest absolute Gasteiger partial charge is 0.492 e. The Hall–Kier alpha value is -2.39. The van der Waals surface area contributed by atoms with Crippen molar-refractivity contribution < 1.29 is 19.1 Å². The number of hydrogen-bond acceptors (Lipinski definition) is 6. The van der Waals surface area contributed by atoms with Crippen LogP contribution in [0.1, 0.15) is 18.4 Å². The maximum absolute atomic E-state index is 13.1. The molecule has 0 bridgehead atoms. The molecule has 1 aromatic rings. The fourth-order valence-corrected chi connectivity index (χ4v) is 5.07. The van der Waals surface area contributed by atoms with Crippen LogP contribution in [0, 0.1) is 0 Å². The minimum atomic E-state index is -0.445. The van der Waals surface area contributed by atoms with Crippen LogP contribution in [0.3, 0.4) is 0 Å². The van der Waals surface area contributed by atoms with Crippen LogP contribution in [0.4, 0.5) is 0 Å². The van der Waals surface area contributed by atoms with Crippen molar-refractivity contribution in [3.63, 3.8) is 0 Å². The Morgan fingerprint density at radius 1 is 1.30 bits per heavy atom. The van der Waals surface area contributed by atoms with E-state index in [2.05, 4.69) is 15.2 Å². The highest BCUT2D eigenvalue weighted by Gasteiger charge is 2.45. The number of rotatable bonds is 2. The number of dihydropyridines is 1. The number of ether oxygens (including phenoxy) is 2. The number of allylic oxidation sites excluding steroid dienone is 1. The zero-order valence-corrected chi connectivity index (χ0v) is 15.4. The second-order valence-corrected chi connectivity index (χ2v) is 7.81. The number of carbonyl (C=O) groups is 2. The maximum atomic E-state index is 13.1. The summed E-state index contributed by atoms with van der Waals surface area (Å²) in [5.41, 5.74) is 2.84. The van der Waals surface area contributed by atoms with Crippen molar-refractivity contribution >= 4 is 34.2 Å². The SMILES string of the molecule is O=C1N=C(C(=O)N2CCOCC2)C2=C3C(=C(c4cn[nH]c4)SC13)OCCC2. The quantitative estimate of drug-likeness (QED) is 0.819. The van der Waals surface area contributed by atoms with Gasteiger partial charge in [-0.1, -0.05) is 0 Å². The summed E-state index contributed by atoms with van der Waals surface area (Å²) in [7, 11) is 0. The Morgan fingerprint density at radius 3 is 2.93 bits per heavy atom. The molecule has 2 amide bonds. The van der Waals surface area contributed by atoms with E-state index in [1.807, 2.05) is 0 Å². The number of carbonyl (C=O) groups excluding carboxylic acids is 2. The van der Waals surface area contributed by atoms with E-state index in [0.29, 0.717) is 45.1 Å². The zero-order chi connectivity index (χ0) is 18.4. The highest BCUT2D eigenvalue weighted by molar-refractivity contribution is 8.10.